The monoisotopic (exact) mass is 447 g/mol. The van der Waals surface area contributed by atoms with Crippen LogP contribution in [-0.2, 0) is 6.42 Å². The number of hydrogen-bond acceptors (Lipinski definition) is 4. The molecule has 6 nitrogen and oxygen atoms in total. The molecule has 0 amide bonds. The number of halogens is 2. The lowest BCUT2D eigenvalue weighted by Crippen LogP contribution is -2.38. The Hall–Kier alpha value is -1.61. The number of nitrogens with zero attached hydrogens (tertiary/aromatic N) is 3. The summed E-state index contributed by atoms with van der Waals surface area (Å²) < 4.78 is 5.23. The van der Waals surface area contributed by atoms with Crippen LogP contribution >= 0.6 is 35.6 Å². The smallest absolute Gasteiger partial charge is 0.228 e. The Labute approximate surface area is 157 Å². The highest BCUT2D eigenvalue weighted by Crippen LogP contribution is 2.19. The summed E-state index contributed by atoms with van der Waals surface area (Å²) >= 11 is 5.95. The molecule has 23 heavy (non-hydrogen) atoms. The Morgan fingerprint density at radius 1 is 1.43 bits per heavy atom. The number of benzene rings is 1. The van der Waals surface area contributed by atoms with Gasteiger partial charge in [0.15, 0.2) is 5.96 Å². The van der Waals surface area contributed by atoms with E-state index in [0.717, 1.165) is 5.56 Å². The molecule has 2 rings (SSSR count). The van der Waals surface area contributed by atoms with Gasteiger partial charge in [0.1, 0.15) is 0 Å². The van der Waals surface area contributed by atoms with Gasteiger partial charge in [-0.3, -0.25) is 4.99 Å². The number of guanidine groups is 1. The zero-order valence-corrected chi connectivity index (χ0v) is 15.8. The molecule has 2 N–H and O–H groups in total. The third-order valence-electron chi connectivity index (χ3n) is 2.82. The van der Waals surface area contributed by atoms with Crippen molar-refractivity contribution in [2.75, 3.05) is 20.1 Å². The van der Waals surface area contributed by atoms with E-state index < -0.39 is 0 Å². The summed E-state index contributed by atoms with van der Waals surface area (Å²) in [6.45, 7) is 4.93. The van der Waals surface area contributed by atoms with Crippen LogP contribution in [0.1, 0.15) is 5.89 Å². The first-order valence-electron chi connectivity index (χ1n) is 6.87. The Balaban J connectivity index is 0.00000264. The Morgan fingerprint density at radius 3 is 2.96 bits per heavy atom. The quantitative estimate of drug-likeness (QED) is 0.308. The van der Waals surface area contributed by atoms with Gasteiger partial charge in [0.25, 0.3) is 0 Å². The third-order valence-corrected chi connectivity index (χ3v) is 3.05. The minimum atomic E-state index is 0. The van der Waals surface area contributed by atoms with Crippen LogP contribution in [-0.4, -0.2) is 36.2 Å². The standard InChI is InChI=1S/C15H18ClN5O.HI/c1-3-8-18-15(17-2)19-9-7-13-20-14(21-22-13)11-5-4-6-12(16)10-11;/h3-6,10H,1,7-9H2,2H3,(H2,17,18,19);1H. The predicted octanol–water partition coefficient (Wildman–Crippen LogP) is 2.90. The van der Waals surface area contributed by atoms with Gasteiger partial charge in [0, 0.05) is 37.1 Å². The fourth-order valence-electron chi connectivity index (χ4n) is 1.78. The molecule has 0 radical (unpaired) electrons. The molecule has 0 aliphatic rings. The van der Waals surface area contributed by atoms with E-state index in [4.69, 9.17) is 16.1 Å². The maximum atomic E-state index is 5.95. The van der Waals surface area contributed by atoms with Crippen LogP contribution in [0.2, 0.25) is 5.02 Å². The van der Waals surface area contributed by atoms with Crippen molar-refractivity contribution >= 4 is 41.5 Å². The van der Waals surface area contributed by atoms with Crippen LogP contribution in [0.4, 0.5) is 0 Å². The van der Waals surface area contributed by atoms with Crippen LogP contribution in [0, 0.1) is 0 Å². The van der Waals surface area contributed by atoms with Crippen molar-refractivity contribution in [1.29, 1.82) is 0 Å². The first-order valence-corrected chi connectivity index (χ1v) is 7.24. The molecule has 8 heteroatoms. The fraction of sp³-hybridized carbons (Fsp3) is 0.267. The van der Waals surface area contributed by atoms with Crippen LogP contribution in [0.25, 0.3) is 11.4 Å². The molecule has 124 valence electrons. The molecule has 1 aromatic carbocycles. The molecular formula is C15H19ClIN5O. The molecule has 0 aliphatic heterocycles. The average molecular weight is 448 g/mol. The van der Waals surface area contributed by atoms with Crippen molar-refractivity contribution in [3.05, 3.63) is 47.8 Å². The van der Waals surface area contributed by atoms with E-state index in [0.29, 0.717) is 42.2 Å². The summed E-state index contributed by atoms with van der Waals surface area (Å²) in [5.41, 5.74) is 0.832. The summed E-state index contributed by atoms with van der Waals surface area (Å²) in [6, 6.07) is 7.34. The zero-order chi connectivity index (χ0) is 15.8. The highest BCUT2D eigenvalue weighted by Gasteiger charge is 2.09. The lowest BCUT2D eigenvalue weighted by molar-refractivity contribution is 0.378. The molecule has 0 bridgehead atoms. The maximum absolute atomic E-state index is 5.95. The summed E-state index contributed by atoms with van der Waals surface area (Å²) in [7, 11) is 1.71. The second-order valence-electron chi connectivity index (χ2n) is 4.44. The van der Waals surface area contributed by atoms with Gasteiger partial charge in [0.2, 0.25) is 11.7 Å². The lowest BCUT2D eigenvalue weighted by atomic mass is 10.2. The molecule has 1 aromatic heterocycles. The van der Waals surface area contributed by atoms with Crippen molar-refractivity contribution in [1.82, 2.24) is 20.8 Å². The van der Waals surface area contributed by atoms with Gasteiger partial charge in [-0.15, -0.1) is 30.6 Å². The minimum Gasteiger partial charge on any atom is -0.356 e. The van der Waals surface area contributed by atoms with Gasteiger partial charge in [-0.1, -0.05) is 35.0 Å². The first kappa shape index (κ1) is 19.4. The maximum Gasteiger partial charge on any atom is 0.228 e. The van der Waals surface area contributed by atoms with Crippen LogP contribution in [0.5, 0.6) is 0 Å². The van der Waals surface area contributed by atoms with Gasteiger partial charge >= 0.3 is 0 Å². The summed E-state index contributed by atoms with van der Waals surface area (Å²) in [4.78, 5) is 8.44. The van der Waals surface area contributed by atoms with E-state index in [1.54, 1.807) is 25.3 Å². The fourth-order valence-corrected chi connectivity index (χ4v) is 1.97. The largest absolute Gasteiger partial charge is 0.356 e. The van der Waals surface area contributed by atoms with Gasteiger partial charge < -0.3 is 15.2 Å². The molecule has 1 heterocycles. The molecular weight excluding hydrogens is 429 g/mol. The highest BCUT2D eigenvalue weighted by atomic mass is 127. The topological polar surface area (TPSA) is 75.3 Å². The van der Waals surface area contributed by atoms with Crippen molar-refractivity contribution < 1.29 is 4.52 Å². The SMILES string of the molecule is C=CCNC(=NC)NCCc1nc(-c2cccc(Cl)c2)no1.I. The first-order chi connectivity index (χ1) is 10.7. The molecule has 0 saturated carbocycles. The molecule has 0 aliphatic carbocycles. The number of aliphatic imine (C=N–C) groups is 1. The normalized spacial score (nSPS) is 10.8. The van der Waals surface area contributed by atoms with E-state index in [-0.39, 0.29) is 24.0 Å². The number of nitrogens with one attached hydrogen (secondary N) is 2. The van der Waals surface area contributed by atoms with Crippen LogP contribution < -0.4 is 10.6 Å². The molecule has 0 fully saturated rings. The van der Waals surface area contributed by atoms with Crippen molar-refractivity contribution in [3.63, 3.8) is 0 Å². The highest BCUT2D eigenvalue weighted by molar-refractivity contribution is 14.0. The molecule has 2 aromatic rings. The van der Waals surface area contributed by atoms with E-state index in [1.165, 1.54) is 0 Å². The number of aromatic nitrogens is 2. The van der Waals surface area contributed by atoms with Gasteiger partial charge in [-0.2, -0.15) is 4.98 Å². The molecule has 0 unspecified atom stereocenters. The van der Waals surface area contributed by atoms with Gasteiger partial charge in [-0.25, -0.2) is 0 Å². The van der Waals surface area contributed by atoms with Gasteiger partial charge in [0.05, 0.1) is 0 Å². The van der Waals surface area contributed by atoms with Crippen molar-refractivity contribution in [3.8, 4) is 11.4 Å². The van der Waals surface area contributed by atoms with Crippen LogP contribution in [0.15, 0.2) is 46.4 Å². The van der Waals surface area contributed by atoms with Crippen LogP contribution in [0.3, 0.4) is 0 Å². The van der Waals surface area contributed by atoms with E-state index in [1.807, 2.05) is 12.1 Å². The van der Waals surface area contributed by atoms with E-state index in [2.05, 4.69) is 32.3 Å². The third kappa shape index (κ3) is 6.19. The second kappa shape index (κ2) is 10.2. The van der Waals surface area contributed by atoms with E-state index in [9.17, 15) is 0 Å². The molecule has 0 atom stereocenters. The molecule has 0 spiro atoms. The average Bonchev–Trinajstić information content (AvgIpc) is 2.99. The summed E-state index contributed by atoms with van der Waals surface area (Å²) in [6.07, 6.45) is 2.37. The lowest BCUT2D eigenvalue weighted by Gasteiger charge is -2.08. The Kier molecular flexibility index (Phi) is 8.64. The number of rotatable bonds is 6. The van der Waals surface area contributed by atoms with E-state index >= 15 is 0 Å². The summed E-state index contributed by atoms with van der Waals surface area (Å²) in [5.74, 6) is 1.79. The minimum absolute atomic E-state index is 0. The zero-order valence-electron chi connectivity index (χ0n) is 12.8. The Bertz CT molecular complexity index is 659. The van der Waals surface area contributed by atoms with Gasteiger partial charge in [-0.05, 0) is 12.1 Å². The predicted molar refractivity (Wildman–Crippen MR) is 103 cm³/mol. The Morgan fingerprint density at radius 2 is 2.26 bits per heavy atom. The second-order valence-corrected chi connectivity index (χ2v) is 4.88. The van der Waals surface area contributed by atoms with Crippen molar-refractivity contribution in [2.45, 2.75) is 6.42 Å². The molecule has 0 saturated heterocycles. The summed E-state index contributed by atoms with van der Waals surface area (Å²) in [5, 5.41) is 10.8. The van der Waals surface area contributed by atoms with Crippen molar-refractivity contribution in [2.24, 2.45) is 4.99 Å². The number of hydrogen-bond donors (Lipinski definition) is 2.